The molecule has 0 radical (unpaired) electrons. The van der Waals surface area contributed by atoms with E-state index in [4.69, 9.17) is 18.9 Å². The summed E-state index contributed by atoms with van der Waals surface area (Å²) in [5, 5.41) is 1.87. The molecule has 2 aliphatic heterocycles. The lowest BCUT2D eigenvalue weighted by atomic mass is 9.89. The van der Waals surface area contributed by atoms with Gasteiger partial charge in [-0.3, -0.25) is 0 Å². The van der Waals surface area contributed by atoms with Gasteiger partial charge in [-0.25, -0.2) is 0 Å². The Hall–Kier alpha value is -3.58. The molecule has 2 aromatic carbocycles. The van der Waals surface area contributed by atoms with Crippen LogP contribution >= 0.6 is 15.8 Å². The minimum Gasteiger partial charge on any atom is -0.487 e. The quantitative estimate of drug-likeness (QED) is 0.260. The monoisotopic (exact) mass is 842 g/mol. The third-order valence-electron chi connectivity index (χ3n) is 14.9. The van der Waals surface area contributed by atoms with Gasteiger partial charge in [-0.15, -0.1) is 0 Å². The van der Waals surface area contributed by atoms with Crippen LogP contribution in [-0.4, -0.2) is 45.0 Å². The Morgan fingerprint density at radius 3 is 0.967 bits per heavy atom. The number of ether oxygens (including phenoxy) is 4. The Kier molecular flexibility index (Phi) is 11.7. The molecule has 12 atom stereocenters. The highest BCUT2D eigenvalue weighted by molar-refractivity contribution is 7.70. The second-order valence-electron chi connectivity index (χ2n) is 19.5. The predicted molar refractivity (Wildman–Crippen MR) is 258 cm³/mol. The van der Waals surface area contributed by atoms with Crippen molar-refractivity contribution in [1.82, 2.24) is 0 Å². The average molecular weight is 843 g/mol. The van der Waals surface area contributed by atoms with Crippen molar-refractivity contribution in [2.45, 2.75) is 141 Å². The van der Waals surface area contributed by atoms with Crippen LogP contribution in [0.1, 0.15) is 95.9 Å². The van der Waals surface area contributed by atoms with Crippen LogP contribution in [0.3, 0.4) is 0 Å². The molecule has 4 nitrogen and oxygen atoms in total. The van der Waals surface area contributed by atoms with Gasteiger partial charge in [0.1, 0.15) is 0 Å². The molecule has 8 rings (SSSR count). The average Bonchev–Trinajstić information content (AvgIpc) is 3.44. The smallest absolute Gasteiger partial charge is 0.170 e. The van der Waals surface area contributed by atoms with E-state index >= 15 is 0 Å². The largest absolute Gasteiger partial charge is 0.487 e. The first-order valence-corrected chi connectivity index (χ1v) is 25.3. The molecule has 0 amide bonds. The first-order valence-electron chi connectivity index (χ1n) is 22.6. The predicted octanol–water partition coefficient (Wildman–Crippen LogP) is 13.5. The van der Waals surface area contributed by atoms with Gasteiger partial charge in [0.2, 0.25) is 0 Å². The van der Waals surface area contributed by atoms with Gasteiger partial charge in [0.05, 0.1) is 24.4 Å². The van der Waals surface area contributed by atoms with Crippen molar-refractivity contribution in [2.75, 3.05) is 0 Å². The van der Waals surface area contributed by atoms with Gasteiger partial charge >= 0.3 is 0 Å². The maximum Gasteiger partial charge on any atom is 0.170 e. The summed E-state index contributed by atoms with van der Waals surface area (Å²) in [5.41, 5.74) is 2.24. The number of rotatable bonds is 7. The van der Waals surface area contributed by atoms with Crippen LogP contribution in [0.4, 0.5) is 0 Å². The lowest BCUT2D eigenvalue weighted by molar-refractivity contribution is 0.167. The highest BCUT2D eigenvalue weighted by Gasteiger charge is 2.54. The summed E-state index contributed by atoms with van der Waals surface area (Å²) in [6.07, 6.45) is 39.2. The molecule has 2 heterocycles. The molecule has 2 aromatic rings. The number of benzene rings is 2. The van der Waals surface area contributed by atoms with Crippen molar-refractivity contribution in [2.24, 2.45) is 23.7 Å². The maximum atomic E-state index is 7.37. The number of allylic oxidation sites excluding steroid dienone is 16. The molecule has 0 spiro atoms. The lowest BCUT2D eigenvalue weighted by Crippen LogP contribution is -2.45. The third-order valence-corrected chi connectivity index (χ3v) is 22.7. The molecule has 60 heavy (non-hydrogen) atoms. The summed E-state index contributed by atoms with van der Waals surface area (Å²) in [4.78, 5) is 0. The molecular formula is C54H68O4P2. The number of hydrogen-bond acceptors (Lipinski definition) is 4. The van der Waals surface area contributed by atoms with Crippen LogP contribution in [0.15, 0.2) is 121 Å². The van der Waals surface area contributed by atoms with E-state index in [1.54, 1.807) is 0 Å². The van der Waals surface area contributed by atoms with Crippen LogP contribution in [-0.2, 0) is 0 Å². The van der Waals surface area contributed by atoms with E-state index in [1.165, 1.54) is 10.6 Å². The molecule has 318 valence electrons. The second kappa shape index (κ2) is 16.3. The van der Waals surface area contributed by atoms with Crippen LogP contribution in [0.25, 0.3) is 11.1 Å². The molecule has 4 aliphatic carbocycles. The van der Waals surface area contributed by atoms with Crippen molar-refractivity contribution < 1.29 is 18.9 Å². The third kappa shape index (κ3) is 7.24. The summed E-state index contributed by atoms with van der Waals surface area (Å²) < 4.78 is 28.6. The van der Waals surface area contributed by atoms with Crippen molar-refractivity contribution >= 4 is 26.5 Å². The van der Waals surface area contributed by atoms with Gasteiger partial charge in [0.15, 0.2) is 23.0 Å². The van der Waals surface area contributed by atoms with Crippen LogP contribution in [0, 0.1) is 23.7 Å². The zero-order valence-corrected chi connectivity index (χ0v) is 39.9. The van der Waals surface area contributed by atoms with Crippen LogP contribution in [0.5, 0.6) is 23.0 Å². The fraction of sp³-hybridized carbons (Fsp3) is 0.481. The molecule has 6 heteroatoms. The molecule has 0 bridgehead atoms. The molecule has 0 saturated heterocycles. The van der Waals surface area contributed by atoms with Gasteiger partial charge < -0.3 is 18.9 Å². The maximum absolute atomic E-state index is 7.37. The van der Waals surface area contributed by atoms with E-state index in [2.05, 4.69) is 205 Å². The number of fused-ring (bicyclic) bond motifs is 2. The summed E-state index contributed by atoms with van der Waals surface area (Å²) >= 11 is 0. The first-order chi connectivity index (χ1) is 28.5. The Balaban J connectivity index is 1.56. The standard InChI is InChI=1S/C54H68O4P2/c1-35-21-13-17-29-51(35,9)59(52(10)30-18-14-22-36(52)2)45-27-25-43-49(57-41(7)33-39(5)55-43)47(45)48-46(28-26-44-50(48)58-42(8)34-40(6)56-44)60(53(11)31-19-15-23-37(53)3)54(12)32-20-16-24-38(54)4/h13-32,35-42H,33-34H2,1-12H3. The minimum absolute atomic E-state index is 0.00263. The summed E-state index contributed by atoms with van der Waals surface area (Å²) in [6.45, 7) is 28.4. The Morgan fingerprint density at radius 1 is 0.400 bits per heavy atom. The summed E-state index contributed by atoms with van der Waals surface area (Å²) in [5.74, 6) is 4.46. The topological polar surface area (TPSA) is 36.9 Å². The number of hydrogen-bond donors (Lipinski definition) is 0. The van der Waals surface area contributed by atoms with E-state index in [0.717, 1.165) is 47.0 Å². The van der Waals surface area contributed by atoms with Gasteiger partial charge in [-0.2, -0.15) is 0 Å². The van der Waals surface area contributed by atoms with Crippen molar-refractivity contribution in [1.29, 1.82) is 0 Å². The van der Waals surface area contributed by atoms with Gasteiger partial charge in [0, 0.05) is 44.6 Å². The van der Waals surface area contributed by atoms with E-state index in [-0.39, 0.29) is 45.0 Å². The second-order valence-corrected chi connectivity index (χ2v) is 25.6. The SMILES string of the molecule is CC1CC(C)Oc2c(ccc(P(C3(C)C=CC=CC3C)C3(C)C=CC=CC3C)c2-c2c(P(C3(C)C=CC=CC3C)C3(C)C=CC=CC3C)ccc3c2OC(C)CC(C)O3)O1. The van der Waals surface area contributed by atoms with Crippen molar-refractivity contribution in [3.63, 3.8) is 0 Å². The van der Waals surface area contributed by atoms with Crippen molar-refractivity contribution in [3.8, 4) is 34.1 Å². The Labute approximate surface area is 364 Å². The Morgan fingerprint density at radius 2 is 0.683 bits per heavy atom. The van der Waals surface area contributed by atoms with E-state index in [9.17, 15) is 0 Å². The molecule has 0 N–H and O–H groups in total. The molecule has 6 aliphatic rings. The highest BCUT2D eigenvalue weighted by Crippen LogP contribution is 2.71. The zero-order chi connectivity index (χ0) is 42.8. The first kappa shape index (κ1) is 43.1. The van der Waals surface area contributed by atoms with Crippen molar-refractivity contribution in [3.05, 3.63) is 121 Å². The molecule has 0 saturated carbocycles. The van der Waals surface area contributed by atoms with Gasteiger partial charge in [-0.05, 0) is 86.2 Å². The minimum atomic E-state index is -1.02. The van der Waals surface area contributed by atoms with Crippen LogP contribution < -0.4 is 29.6 Å². The summed E-state index contributed by atoms with van der Waals surface area (Å²) in [6, 6.07) is 9.31. The van der Waals surface area contributed by atoms with E-state index < -0.39 is 15.8 Å². The van der Waals surface area contributed by atoms with Gasteiger partial charge in [0.25, 0.3) is 0 Å². The zero-order valence-electron chi connectivity index (χ0n) is 38.1. The highest BCUT2D eigenvalue weighted by atomic mass is 31.1. The lowest BCUT2D eigenvalue weighted by Gasteiger charge is -2.53. The molecule has 0 aromatic heterocycles. The van der Waals surface area contributed by atoms with Crippen LogP contribution in [0.2, 0.25) is 0 Å². The normalized spacial score (nSPS) is 38.7. The summed E-state index contributed by atoms with van der Waals surface area (Å²) in [7, 11) is -2.05. The van der Waals surface area contributed by atoms with E-state index in [1.807, 2.05) is 0 Å². The fourth-order valence-electron chi connectivity index (χ4n) is 10.8. The Bertz CT molecular complexity index is 1990. The van der Waals surface area contributed by atoms with Gasteiger partial charge in [-0.1, -0.05) is 168 Å². The molecule has 0 fully saturated rings. The molecule has 12 unspecified atom stereocenters. The molecular weight excluding hydrogens is 775 g/mol. The van der Waals surface area contributed by atoms with E-state index in [0.29, 0.717) is 23.7 Å². The fourth-order valence-corrected chi connectivity index (χ4v) is 19.2.